The van der Waals surface area contributed by atoms with Gasteiger partial charge in [0.15, 0.2) is 0 Å². The fourth-order valence-corrected chi connectivity index (χ4v) is 2.27. The van der Waals surface area contributed by atoms with Crippen LogP contribution in [0.2, 0.25) is 0 Å². The molecule has 25 heavy (non-hydrogen) atoms. The SMILES string of the molecule is COC(=O)c1ccc(NCc2nnc(-c3ccccc3OC)o2)cc1. The summed E-state index contributed by atoms with van der Waals surface area (Å²) >= 11 is 0. The number of hydrogen-bond acceptors (Lipinski definition) is 7. The number of nitrogens with zero attached hydrogens (tertiary/aromatic N) is 2. The van der Waals surface area contributed by atoms with E-state index in [9.17, 15) is 4.79 Å². The van der Waals surface area contributed by atoms with E-state index >= 15 is 0 Å². The molecule has 0 radical (unpaired) electrons. The molecular formula is C18H17N3O4. The van der Waals surface area contributed by atoms with Crippen LogP contribution in [0.15, 0.2) is 52.9 Å². The van der Waals surface area contributed by atoms with E-state index in [1.165, 1.54) is 7.11 Å². The number of methoxy groups -OCH3 is 2. The van der Waals surface area contributed by atoms with Gasteiger partial charge >= 0.3 is 5.97 Å². The molecule has 0 saturated heterocycles. The lowest BCUT2D eigenvalue weighted by Crippen LogP contribution is -2.02. The zero-order valence-corrected chi connectivity index (χ0v) is 13.9. The molecule has 7 nitrogen and oxygen atoms in total. The number of para-hydroxylation sites is 1. The predicted molar refractivity (Wildman–Crippen MR) is 91.4 cm³/mol. The number of ether oxygens (including phenoxy) is 2. The van der Waals surface area contributed by atoms with Crippen LogP contribution in [0.3, 0.4) is 0 Å². The monoisotopic (exact) mass is 339 g/mol. The molecule has 3 rings (SSSR count). The highest BCUT2D eigenvalue weighted by Gasteiger charge is 2.13. The van der Waals surface area contributed by atoms with E-state index in [1.54, 1.807) is 31.4 Å². The Hall–Kier alpha value is -3.35. The number of carbonyl (C=O) groups excluding carboxylic acids is 1. The maximum Gasteiger partial charge on any atom is 0.337 e. The summed E-state index contributed by atoms with van der Waals surface area (Å²) in [6.07, 6.45) is 0. The number of benzene rings is 2. The van der Waals surface area contributed by atoms with Crippen molar-refractivity contribution in [2.24, 2.45) is 0 Å². The Kier molecular flexibility index (Phi) is 4.94. The van der Waals surface area contributed by atoms with Gasteiger partial charge in [-0.3, -0.25) is 0 Å². The Morgan fingerprint density at radius 1 is 1.08 bits per heavy atom. The summed E-state index contributed by atoms with van der Waals surface area (Å²) in [5.74, 6) is 1.14. The van der Waals surface area contributed by atoms with Crippen LogP contribution < -0.4 is 10.1 Å². The molecular weight excluding hydrogens is 322 g/mol. The van der Waals surface area contributed by atoms with Crippen LogP contribution in [0.1, 0.15) is 16.2 Å². The van der Waals surface area contributed by atoms with Gasteiger partial charge in [-0.05, 0) is 36.4 Å². The first kappa shape index (κ1) is 16.5. The van der Waals surface area contributed by atoms with Gasteiger partial charge in [-0.2, -0.15) is 0 Å². The lowest BCUT2D eigenvalue weighted by Gasteiger charge is -2.05. The fourth-order valence-electron chi connectivity index (χ4n) is 2.27. The highest BCUT2D eigenvalue weighted by molar-refractivity contribution is 5.89. The number of esters is 1. The maximum absolute atomic E-state index is 11.4. The van der Waals surface area contributed by atoms with Crippen molar-refractivity contribution >= 4 is 11.7 Å². The number of anilines is 1. The van der Waals surface area contributed by atoms with Crippen LogP contribution in [0.25, 0.3) is 11.5 Å². The van der Waals surface area contributed by atoms with Gasteiger partial charge in [0.25, 0.3) is 5.89 Å². The first-order valence-corrected chi connectivity index (χ1v) is 7.59. The summed E-state index contributed by atoms with van der Waals surface area (Å²) in [7, 11) is 2.94. The largest absolute Gasteiger partial charge is 0.496 e. The summed E-state index contributed by atoms with van der Waals surface area (Å²) in [5.41, 5.74) is 2.06. The van der Waals surface area contributed by atoms with Crippen LogP contribution in [0.5, 0.6) is 5.75 Å². The van der Waals surface area contributed by atoms with Crippen molar-refractivity contribution in [3.63, 3.8) is 0 Å². The third-order valence-corrected chi connectivity index (χ3v) is 3.55. The molecule has 0 aliphatic heterocycles. The van der Waals surface area contributed by atoms with Gasteiger partial charge in [0.2, 0.25) is 5.89 Å². The van der Waals surface area contributed by atoms with E-state index in [0.717, 1.165) is 11.3 Å². The van der Waals surface area contributed by atoms with Crippen molar-refractivity contribution in [1.82, 2.24) is 10.2 Å². The van der Waals surface area contributed by atoms with E-state index in [4.69, 9.17) is 9.15 Å². The van der Waals surface area contributed by atoms with Crippen molar-refractivity contribution in [2.45, 2.75) is 6.54 Å². The molecule has 0 amide bonds. The average Bonchev–Trinajstić information content (AvgIpc) is 3.15. The van der Waals surface area contributed by atoms with Crippen molar-refractivity contribution in [1.29, 1.82) is 0 Å². The summed E-state index contributed by atoms with van der Waals surface area (Å²) in [6, 6.07) is 14.4. The molecule has 0 unspecified atom stereocenters. The van der Waals surface area contributed by atoms with Crippen molar-refractivity contribution in [3.8, 4) is 17.2 Å². The van der Waals surface area contributed by atoms with Crippen LogP contribution in [0.4, 0.5) is 5.69 Å². The van der Waals surface area contributed by atoms with Crippen LogP contribution in [-0.2, 0) is 11.3 Å². The molecule has 0 spiro atoms. The number of rotatable bonds is 6. The van der Waals surface area contributed by atoms with E-state index in [1.807, 2.05) is 24.3 Å². The third kappa shape index (κ3) is 3.77. The number of carbonyl (C=O) groups is 1. The molecule has 2 aromatic carbocycles. The minimum absolute atomic E-state index is 0.361. The highest BCUT2D eigenvalue weighted by atomic mass is 16.5. The lowest BCUT2D eigenvalue weighted by molar-refractivity contribution is 0.0601. The van der Waals surface area contributed by atoms with Gasteiger partial charge in [0, 0.05) is 5.69 Å². The Morgan fingerprint density at radius 3 is 2.56 bits per heavy atom. The minimum Gasteiger partial charge on any atom is -0.496 e. The summed E-state index contributed by atoms with van der Waals surface area (Å²) in [6.45, 7) is 0.361. The Balaban J connectivity index is 1.67. The molecule has 7 heteroatoms. The molecule has 0 aliphatic carbocycles. The summed E-state index contributed by atoms with van der Waals surface area (Å²) in [5, 5.41) is 11.2. The molecule has 1 N–H and O–H groups in total. The average molecular weight is 339 g/mol. The topological polar surface area (TPSA) is 86.5 Å². The third-order valence-electron chi connectivity index (χ3n) is 3.55. The summed E-state index contributed by atoms with van der Waals surface area (Å²) in [4.78, 5) is 11.4. The molecule has 0 saturated carbocycles. The highest BCUT2D eigenvalue weighted by Crippen LogP contribution is 2.28. The molecule has 0 aliphatic rings. The predicted octanol–water partition coefficient (Wildman–Crippen LogP) is 3.14. The molecule has 0 bridgehead atoms. The fraction of sp³-hybridized carbons (Fsp3) is 0.167. The van der Waals surface area contributed by atoms with Crippen molar-refractivity contribution < 1.29 is 18.7 Å². The van der Waals surface area contributed by atoms with Crippen molar-refractivity contribution in [2.75, 3.05) is 19.5 Å². The minimum atomic E-state index is -0.370. The Morgan fingerprint density at radius 2 is 1.84 bits per heavy atom. The zero-order chi connectivity index (χ0) is 17.6. The lowest BCUT2D eigenvalue weighted by atomic mass is 10.2. The number of nitrogens with one attached hydrogen (secondary N) is 1. The van der Waals surface area contributed by atoms with Gasteiger partial charge in [0.1, 0.15) is 5.75 Å². The Bertz CT molecular complexity index is 859. The second-order valence-electron chi connectivity index (χ2n) is 5.12. The zero-order valence-electron chi connectivity index (χ0n) is 13.9. The second-order valence-corrected chi connectivity index (χ2v) is 5.12. The first-order valence-electron chi connectivity index (χ1n) is 7.59. The van der Waals surface area contributed by atoms with Crippen LogP contribution in [-0.4, -0.2) is 30.4 Å². The smallest absolute Gasteiger partial charge is 0.337 e. The molecule has 1 aromatic heterocycles. The van der Waals surface area contributed by atoms with Crippen molar-refractivity contribution in [3.05, 3.63) is 60.0 Å². The van der Waals surface area contributed by atoms with E-state index in [2.05, 4.69) is 20.3 Å². The second kappa shape index (κ2) is 7.48. The van der Waals surface area contributed by atoms with E-state index < -0.39 is 0 Å². The van der Waals surface area contributed by atoms with Gasteiger partial charge in [-0.25, -0.2) is 4.79 Å². The van der Waals surface area contributed by atoms with E-state index in [0.29, 0.717) is 29.6 Å². The van der Waals surface area contributed by atoms with Gasteiger partial charge in [0.05, 0.1) is 31.9 Å². The quantitative estimate of drug-likeness (QED) is 0.690. The first-order chi connectivity index (χ1) is 12.2. The normalized spacial score (nSPS) is 10.3. The standard InChI is InChI=1S/C18H17N3O4/c1-23-15-6-4-3-5-14(15)17-21-20-16(25-17)11-19-13-9-7-12(8-10-13)18(22)24-2/h3-10,19H,11H2,1-2H3. The molecule has 128 valence electrons. The van der Waals surface area contributed by atoms with Gasteiger partial charge in [-0.1, -0.05) is 12.1 Å². The molecule has 1 heterocycles. The number of hydrogen-bond donors (Lipinski definition) is 1. The number of aromatic nitrogens is 2. The molecule has 0 fully saturated rings. The van der Waals surface area contributed by atoms with E-state index in [-0.39, 0.29) is 5.97 Å². The Labute approximate surface area is 144 Å². The van der Waals surface area contributed by atoms with Gasteiger partial charge in [-0.15, -0.1) is 10.2 Å². The molecule has 3 aromatic rings. The van der Waals surface area contributed by atoms with Gasteiger partial charge < -0.3 is 19.2 Å². The summed E-state index contributed by atoms with van der Waals surface area (Å²) < 4.78 is 15.6. The van der Waals surface area contributed by atoms with Crippen LogP contribution in [0, 0.1) is 0 Å². The van der Waals surface area contributed by atoms with Crippen LogP contribution >= 0.6 is 0 Å². The maximum atomic E-state index is 11.4. The molecule has 0 atom stereocenters.